The number of nitrogens with zero attached hydrogens (tertiary/aromatic N) is 4. The van der Waals surface area contributed by atoms with Crippen LogP contribution in [0.15, 0.2) is 11.1 Å². The zero-order valence-corrected chi connectivity index (χ0v) is 12.7. The van der Waals surface area contributed by atoms with Gasteiger partial charge in [0.05, 0.1) is 28.3 Å². The molecule has 0 fully saturated rings. The molecule has 0 spiro atoms. The van der Waals surface area contributed by atoms with E-state index in [-0.39, 0.29) is 4.90 Å². The van der Waals surface area contributed by atoms with Gasteiger partial charge in [0.1, 0.15) is 4.90 Å². The zero-order chi connectivity index (χ0) is 14.4. The van der Waals surface area contributed by atoms with Gasteiger partial charge in [-0.1, -0.05) is 11.6 Å². The highest BCUT2D eigenvalue weighted by Gasteiger charge is 2.26. The van der Waals surface area contributed by atoms with Crippen LogP contribution in [0.2, 0.25) is 5.02 Å². The van der Waals surface area contributed by atoms with E-state index in [4.69, 9.17) is 11.6 Å². The summed E-state index contributed by atoms with van der Waals surface area (Å²) in [6.45, 7) is 7.52. The Morgan fingerprint density at radius 1 is 1.26 bits per heavy atom. The molecule has 19 heavy (non-hydrogen) atoms. The van der Waals surface area contributed by atoms with Crippen molar-refractivity contribution in [1.82, 2.24) is 19.0 Å². The maximum atomic E-state index is 12.6. The van der Waals surface area contributed by atoms with Crippen molar-refractivity contribution >= 4 is 21.6 Å². The summed E-state index contributed by atoms with van der Waals surface area (Å²) < 4.78 is 27.7. The van der Waals surface area contributed by atoms with Gasteiger partial charge in [0.15, 0.2) is 0 Å². The molecule has 6 nitrogen and oxygen atoms in total. The molecular formula is C11H15ClN4O2S. The Balaban J connectivity index is 2.65. The Morgan fingerprint density at radius 2 is 1.89 bits per heavy atom. The summed E-state index contributed by atoms with van der Waals surface area (Å²) in [5.74, 6) is 0. The highest BCUT2D eigenvalue weighted by Crippen LogP contribution is 2.24. The highest BCUT2D eigenvalue weighted by molar-refractivity contribution is 7.90. The van der Waals surface area contributed by atoms with Gasteiger partial charge in [-0.15, -0.1) is 0 Å². The third-order valence-corrected chi connectivity index (χ3v) is 5.34. The van der Waals surface area contributed by atoms with Crippen molar-refractivity contribution in [3.8, 4) is 0 Å². The summed E-state index contributed by atoms with van der Waals surface area (Å²) in [6.07, 6.45) is 1.35. The van der Waals surface area contributed by atoms with Gasteiger partial charge in [0.2, 0.25) is 0 Å². The molecule has 8 heteroatoms. The summed E-state index contributed by atoms with van der Waals surface area (Å²) in [5.41, 5.74) is 1.48. The Morgan fingerprint density at radius 3 is 2.32 bits per heavy atom. The summed E-state index contributed by atoms with van der Waals surface area (Å²) in [6, 6.07) is 0. The van der Waals surface area contributed by atoms with Gasteiger partial charge < -0.3 is 0 Å². The molecule has 0 bridgehead atoms. The van der Waals surface area contributed by atoms with Gasteiger partial charge in [-0.3, -0.25) is 4.68 Å². The largest absolute Gasteiger partial charge is 0.286 e. The minimum Gasteiger partial charge on any atom is -0.269 e. The number of hydrogen-bond donors (Lipinski definition) is 0. The van der Waals surface area contributed by atoms with Crippen molar-refractivity contribution in [3.05, 3.63) is 28.3 Å². The smallest absolute Gasteiger partial charge is 0.269 e. The number of rotatable bonds is 3. The third kappa shape index (κ3) is 2.06. The predicted octanol–water partition coefficient (Wildman–Crippen LogP) is 1.92. The summed E-state index contributed by atoms with van der Waals surface area (Å²) in [4.78, 5) is 0.150. The monoisotopic (exact) mass is 302 g/mol. The Hall–Kier alpha value is -1.34. The van der Waals surface area contributed by atoms with Crippen LogP contribution >= 0.6 is 11.6 Å². The molecule has 0 unspecified atom stereocenters. The van der Waals surface area contributed by atoms with Gasteiger partial charge in [0.25, 0.3) is 10.0 Å². The van der Waals surface area contributed by atoms with E-state index in [1.54, 1.807) is 25.5 Å². The topological polar surface area (TPSA) is 69.8 Å². The first-order valence-corrected chi connectivity index (χ1v) is 7.62. The first-order valence-electron chi connectivity index (χ1n) is 5.80. The van der Waals surface area contributed by atoms with E-state index in [0.29, 0.717) is 28.6 Å². The maximum Gasteiger partial charge on any atom is 0.286 e. The molecule has 104 valence electrons. The van der Waals surface area contributed by atoms with Gasteiger partial charge in [0, 0.05) is 6.54 Å². The molecule has 2 aromatic heterocycles. The first-order chi connectivity index (χ1) is 8.80. The van der Waals surface area contributed by atoms with Crippen molar-refractivity contribution in [2.24, 2.45) is 0 Å². The van der Waals surface area contributed by atoms with E-state index in [2.05, 4.69) is 10.2 Å². The van der Waals surface area contributed by atoms with Crippen LogP contribution < -0.4 is 0 Å². The maximum absolute atomic E-state index is 12.6. The molecule has 0 saturated heterocycles. The minimum absolute atomic E-state index is 0.150. The number of aryl methyl sites for hydroxylation is 2. The van der Waals surface area contributed by atoms with Crippen LogP contribution in [0.4, 0.5) is 0 Å². The van der Waals surface area contributed by atoms with Gasteiger partial charge in [-0.2, -0.15) is 22.7 Å². The van der Waals surface area contributed by atoms with Gasteiger partial charge in [-0.05, 0) is 27.7 Å². The number of aromatic nitrogens is 4. The molecule has 0 atom stereocenters. The third-order valence-electron chi connectivity index (χ3n) is 3.03. The second-order valence-electron chi connectivity index (χ2n) is 4.24. The van der Waals surface area contributed by atoms with Crippen molar-refractivity contribution in [2.45, 2.75) is 39.1 Å². The SMILES string of the molecule is CCn1ncc(S(=O)(=O)n2nc(C)c(Cl)c2C)c1C. The predicted molar refractivity (Wildman–Crippen MR) is 71.9 cm³/mol. The molecule has 0 aromatic carbocycles. The van der Waals surface area contributed by atoms with Crippen molar-refractivity contribution < 1.29 is 8.42 Å². The lowest BCUT2D eigenvalue weighted by Crippen LogP contribution is -2.17. The molecule has 2 heterocycles. The summed E-state index contributed by atoms with van der Waals surface area (Å²) >= 11 is 6.00. The van der Waals surface area contributed by atoms with Crippen LogP contribution in [-0.4, -0.2) is 27.4 Å². The standard InChI is InChI=1S/C11H15ClN4O2S/c1-5-15-8(3)10(6-13-15)19(17,18)16-9(4)11(12)7(2)14-16/h6H,5H2,1-4H3. The quantitative estimate of drug-likeness (QED) is 0.868. The van der Waals surface area contributed by atoms with E-state index < -0.39 is 10.0 Å². The zero-order valence-electron chi connectivity index (χ0n) is 11.2. The average Bonchev–Trinajstić information content (AvgIpc) is 2.85. The fraction of sp³-hybridized carbons (Fsp3) is 0.455. The Labute approximate surface area is 117 Å². The lowest BCUT2D eigenvalue weighted by atomic mass is 10.4. The molecular weight excluding hydrogens is 288 g/mol. The second-order valence-corrected chi connectivity index (χ2v) is 6.36. The molecule has 0 saturated carbocycles. The molecule has 0 aliphatic rings. The van der Waals surface area contributed by atoms with Crippen LogP contribution in [0.25, 0.3) is 0 Å². The Bertz CT molecular complexity index is 730. The van der Waals surface area contributed by atoms with Gasteiger partial charge in [-0.25, -0.2) is 0 Å². The minimum atomic E-state index is -3.75. The van der Waals surface area contributed by atoms with Crippen LogP contribution in [0.3, 0.4) is 0 Å². The average molecular weight is 303 g/mol. The first kappa shape index (κ1) is 14.1. The fourth-order valence-corrected chi connectivity index (χ4v) is 3.62. The van der Waals surface area contributed by atoms with Crippen molar-refractivity contribution in [3.63, 3.8) is 0 Å². The molecule has 0 N–H and O–H groups in total. The highest BCUT2D eigenvalue weighted by atomic mass is 35.5. The molecule has 2 rings (SSSR count). The molecule has 2 aromatic rings. The lowest BCUT2D eigenvalue weighted by Gasteiger charge is -2.06. The molecule has 0 aliphatic heterocycles. The summed E-state index contributed by atoms with van der Waals surface area (Å²) in [5, 5.41) is 8.41. The van der Waals surface area contributed by atoms with Crippen molar-refractivity contribution in [2.75, 3.05) is 0 Å². The summed E-state index contributed by atoms with van der Waals surface area (Å²) in [7, 11) is -3.75. The fourth-order valence-electron chi connectivity index (χ4n) is 1.93. The van der Waals surface area contributed by atoms with E-state index in [0.717, 1.165) is 4.09 Å². The van der Waals surface area contributed by atoms with Crippen molar-refractivity contribution in [1.29, 1.82) is 0 Å². The lowest BCUT2D eigenvalue weighted by molar-refractivity contribution is 0.575. The van der Waals surface area contributed by atoms with Gasteiger partial charge >= 0.3 is 0 Å². The number of hydrogen-bond acceptors (Lipinski definition) is 4. The second kappa shape index (κ2) is 4.64. The van der Waals surface area contributed by atoms with Crippen LogP contribution in [-0.2, 0) is 16.6 Å². The Kier molecular flexibility index (Phi) is 3.44. The normalized spacial score (nSPS) is 12.1. The number of halogens is 1. The molecule has 0 aliphatic carbocycles. The van der Waals surface area contributed by atoms with Crippen LogP contribution in [0, 0.1) is 20.8 Å². The van der Waals surface area contributed by atoms with Crippen LogP contribution in [0.1, 0.15) is 24.0 Å². The van der Waals surface area contributed by atoms with E-state index >= 15 is 0 Å². The van der Waals surface area contributed by atoms with E-state index in [1.165, 1.54) is 6.20 Å². The van der Waals surface area contributed by atoms with Crippen LogP contribution in [0.5, 0.6) is 0 Å². The van der Waals surface area contributed by atoms with E-state index in [9.17, 15) is 8.42 Å². The van der Waals surface area contributed by atoms with E-state index in [1.807, 2.05) is 6.92 Å². The molecule has 0 amide bonds. The molecule has 0 radical (unpaired) electrons.